The van der Waals surface area contributed by atoms with E-state index in [0.29, 0.717) is 5.56 Å². The van der Waals surface area contributed by atoms with Crippen molar-refractivity contribution in [2.75, 3.05) is 6.61 Å². The molecule has 3 nitrogen and oxygen atoms in total. The van der Waals surface area contributed by atoms with Crippen LogP contribution in [0.2, 0.25) is 0 Å². The van der Waals surface area contributed by atoms with Crippen LogP contribution in [0.5, 0.6) is 0 Å². The van der Waals surface area contributed by atoms with E-state index in [0.717, 1.165) is 12.1 Å². The molecule has 0 heterocycles. The molecule has 1 N–H and O–H groups in total. The minimum atomic E-state index is -4.36. The molecule has 1 aromatic rings. The Hall–Kier alpha value is -2.08. The molecule has 0 aliphatic heterocycles. The summed E-state index contributed by atoms with van der Waals surface area (Å²) in [6.07, 6.45) is -0.0225. The first-order valence-corrected chi connectivity index (χ1v) is 6.21. The van der Waals surface area contributed by atoms with Gasteiger partial charge in [-0.05, 0) is 30.7 Å². The lowest BCUT2D eigenvalue weighted by Crippen LogP contribution is -2.20. The van der Waals surface area contributed by atoms with E-state index < -0.39 is 23.8 Å². The van der Waals surface area contributed by atoms with Crippen LogP contribution in [-0.4, -0.2) is 23.8 Å². The van der Waals surface area contributed by atoms with E-state index in [1.807, 2.05) is 0 Å². The van der Waals surface area contributed by atoms with Gasteiger partial charge in [0, 0.05) is 0 Å². The number of hydrogen-bond acceptors (Lipinski definition) is 3. The second kappa shape index (κ2) is 7.64. The van der Waals surface area contributed by atoms with Gasteiger partial charge in [0.1, 0.15) is 0 Å². The molecule has 0 aromatic heterocycles. The molecule has 0 spiro atoms. The summed E-state index contributed by atoms with van der Waals surface area (Å²) in [5.74, 6) is -0.753. The summed E-state index contributed by atoms with van der Waals surface area (Å²) in [6.45, 7) is 1.80. The SMILES string of the molecule is CCOC(=O)[C@H](O)/C=C/C=C/c1ccc(C(F)(F)F)cc1. The van der Waals surface area contributed by atoms with Crippen molar-refractivity contribution >= 4 is 12.0 Å². The Labute approximate surface area is 120 Å². The van der Waals surface area contributed by atoms with Crippen molar-refractivity contribution in [2.45, 2.75) is 19.2 Å². The van der Waals surface area contributed by atoms with Crippen molar-refractivity contribution in [2.24, 2.45) is 0 Å². The molecule has 21 heavy (non-hydrogen) atoms. The first-order chi connectivity index (χ1) is 9.84. The summed E-state index contributed by atoms with van der Waals surface area (Å²) >= 11 is 0. The van der Waals surface area contributed by atoms with Crippen molar-refractivity contribution in [3.05, 3.63) is 53.6 Å². The lowest BCUT2D eigenvalue weighted by atomic mass is 10.1. The van der Waals surface area contributed by atoms with Crippen LogP contribution < -0.4 is 0 Å². The van der Waals surface area contributed by atoms with Crippen LogP contribution in [0.4, 0.5) is 13.2 Å². The smallest absolute Gasteiger partial charge is 0.416 e. The predicted molar refractivity (Wildman–Crippen MR) is 72.3 cm³/mol. The first kappa shape index (κ1) is 17.0. The third kappa shape index (κ3) is 5.83. The molecule has 0 radical (unpaired) electrons. The molecule has 1 aromatic carbocycles. The molecule has 0 saturated heterocycles. The van der Waals surface area contributed by atoms with Crippen LogP contribution in [0, 0.1) is 0 Å². The van der Waals surface area contributed by atoms with Crippen LogP contribution in [-0.2, 0) is 15.7 Å². The number of esters is 1. The number of carbonyl (C=O) groups is 1. The molecule has 0 fully saturated rings. The van der Waals surface area contributed by atoms with Gasteiger partial charge in [-0.2, -0.15) is 13.2 Å². The Bertz CT molecular complexity index is 516. The van der Waals surface area contributed by atoms with Crippen molar-refractivity contribution in [1.82, 2.24) is 0 Å². The average Bonchev–Trinajstić information content (AvgIpc) is 2.43. The molecule has 0 amide bonds. The Morgan fingerprint density at radius 2 is 1.90 bits per heavy atom. The predicted octanol–water partition coefficient (Wildman–Crippen LogP) is 3.20. The Kier molecular flexibility index (Phi) is 6.17. The van der Waals surface area contributed by atoms with Gasteiger partial charge >= 0.3 is 12.1 Å². The number of aliphatic hydroxyl groups is 1. The molecule has 0 aliphatic rings. The number of ether oxygens (including phenoxy) is 1. The average molecular weight is 300 g/mol. The maximum absolute atomic E-state index is 12.4. The van der Waals surface area contributed by atoms with E-state index in [1.54, 1.807) is 13.0 Å². The lowest BCUT2D eigenvalue weighted by molar-refractivity contribution is -0.150. The fraction of sp³-hybridized carbons (Fsp3) is 0.267. The largest absolute Gasteiger partial charge is 0.464 e. The highest BCUT2D eigenvalue weighted by atomic mass is 19.4. The van der Waals surface area contributed by atoms with Gasteiger partial charge in [-0.1, -0.05) is 30.4 Å². The second-order valence-electron chi connectivity index (χ2n) is 4.06. The minimum Gasteiger partial charge on any atom is -0.464 e. The number of allylic oxidation sites excluding steroid dienone is 2. The molecule has 6 heteroatoms. The molecular formula is C15H15F3O3. The number of rotatable bonds is 5. The van der Waals surface area contributed by atoms with E-state index in [4.69, 9.17) is 0 Å². The highest BCUT2D eigenvalue weighted by Crippen LogP contribution is 2.29. The van der Waals surface area contributed by atoms with Gasteiger partial charge in [-0.15, -0.1) is 0 Å². The third-order valence-electron chi connectivity index (χ3n) is 2.46. The molecule has 0 aliphatic carbocycles. The normalized spacial score (nSPS) is 13.8. The summed E-state index contributed by atoms with van der Waals surface area (Å²) in [7, 11) is 0. The van der Waals surface area contributed by atoms with Gasteiger partial charge in [-0.25, -0.2) is 4.79 Å². The van der Waals surface area contributed by atoms with Crippen LogP contribution in [0.25, 0.3) is 6.08 Å². The topological polar surface area (TPSA) is 46.5 Å². The van der Waals surface area contributed by atoms with Crippen LogP contribution >= 0.6 is 0 Å². The Balaban J connectivity index is 2.59. The second-order valence-corrected chi connectivity index (χ2v) is 4.06. The number of halogens is 3. The van der Waals surface area contributed by atoms with Crippen molar-refractivity contribution in [1.29, 1.82) is 0 Å². The summed E-state index contributed by atoms with van der Waals surface area (Å²) in [6, 6.07) is 4.62. The summed E-state index contributed by atoms with van der Waals surface area (Å²) in [4.78, 5) is 11.1. The molecule has 1 rings (SSSR count). The van der Waals surface area contributed by atoms with Gasteiger partial charge in [-0.3, -0.25) is 0 Å². The van der Waals surface area contributed by atoms with Crippen LogP contribution in [0.3, 0.4) is 0 Å². The highest BCUT2D eigenvalue weighted by molar-refractivity contribution is 5.76. The maximum Gasteiger partial charge on any atom is 0.416 e. The van der Waals surface area contributed by atoms with Crippen molar-refractivity contribution < 1.29 is 27.8 Å². The monoisotopic (exact) mass is 300 g/mol. The van der Waals surface area contributed by atoms with Gasteiger partial charge in [0.15, 0.2) is 6.10 Å². The number of aliphatic hydroxyl groups excluding tert-OH is 1. The molecule has 0 unspecified atom stereocenters. The quantitative estimate of drug-likeness (QED) is 0.671. The zero-order valence-electron chi connectivity index (χ0n) is 11.3. The van der Waals surface area contributed by atoms with E-state index in [1.165, 1.54) is 30.4 Å². The zero-order valence-corrected chi connectivity index (χ0v) is 11.3. The van der Waals surface area contributed by atoms with Crippen LogP contribution in [0.15, 0.2) is 42.5 Å². The van der Waals surface area contributed by atoms with E-state index in [-0.39, 0.29) is 6.61 Å². The highest BCUT2D eigenvalue weighted by Gasteiger charge is 2.29. The summed E-state index contributed by atoms with van der Waals surface area (Å²) in [5, 5.41) is 9.35. The standard InChI is InChI=1S/C15H15F3O3/c1-2-21-14(20)13(19)6-4-3-5-11-7-9-12(10-8-11)15(16,17)18/h3-10,13,19H,2H2,1H3/b5-3+,6-4+/t13-/m1/s1. The van der Waals surface area contributed by atoms with Gasteiger partial charge in [0.2, 0.25) is 0 Å². The summed E-state index contributed by atoms with van der Waals surface area (Å²) < 4.78 is 41.7. The Morgan fingerprint density at radius 1 is 1.29 bits per heavy atom. The lowest BCUT2D eigenvalue weighted by Gasteiger charge is -2.05. The maximum atomic E-state index is 12.4. The molecule has 0 saturated carbocycles. The van der Waals surface area contributed by atoms with Crippen molar-refractivity contribution in [3.63, 3.8) is 0 Å². The van der Waals surface area contributed by atoms with Gasteiger partial charge in [0.05, 0.1) is 12.2 Å². The summed E-state index contributed by atoms with van der Waals surface area (Å²) in [5.41, 5.74) is -0.147. The first-order valence-electron chi connectivity index (χ1n) is 6.21. The number of hydrogen-bond donors (Lipinski definition) is 1. The number of carbonyl (C=O) groups excluding carboxylic acids is 1. The molecule has 0 bridgehead atoms. The van der Waals surface area contributed by atoms with Gasteiger partial charge < -0.3 is 9.84 Å². The number of benzene rings is 1. The number of alkyl halides is 3. The fourth-order valence-corrected chi connectivity index (χ4v) is 1.43. The van der Waals surface area contributed by atoms with E-state index in [9.17, 15) is 23.1 Å². The van der Waals surface area contributed by atoms with E-state index >= 15 is 0 Å². The third-order valence-corrected chi connectivity index (χ3v) is 2.46. The zero-order chi connectivity index (χ0) is 15.9. The molecular weight excluding hydrogens is 285 g/mol. The molecule has 1 atom stereocenters. The Morgan fingerprint density at radius 3 is 2.43 bits per heavy atom. The van der Waals surface area contributed by atoms with E-state index in [2.05, 4.69) is 4.74 Å². The minimum absolute atomic E-state index is 0.172. The fourth-order valence-electron chi connectivity index (χ4n) is 1.43. The molecule has 114 valence electrons. The van der Waals surface area contributed by atoms with Crippen LogP contribution in [0.1, 0.15) is 18.1 Å². The van der Waals surface area contributed by atoms with Crippen molar-refractivity contribution in [3.8, 4) is 0 Å². The van der Waals surface area contributed by atoms with Gasteiger partial charge in [0.25, 0.3) is 0 Å².